The molecule has 112 valence electrons. The molecule has 0 unspecified atom stereocenters. The first-order valence-corrected chi connectivity index (χ1v) is 8.59. The van der Waals surface area contributed by atoms with Crippen molar-refractivity contribution in [3.8, 4) is 0 Å². The Labute approximate surface area is 135 Å². The van der Waals surface area contributed by atoms with Crippen molar-refractivity contribution < 1.29 is 0 Å². The highest BCUT2D eigenvalue weighted by Crippen LogP contribution is 2.47. The van der Waals surface area contributed by atoms with Crippen molar-refractivity contribution >= 4 is 16.9 Å². The molecule has 1 saturated heterocycles. The monoisotopic (exact) mass is 309 g/mol. The number of amidine groups is 1. The Morgan fingerprint density at radius 1 is 1.18 bits per heavy atom. The third-order valence-electron chi connectivity index (χ3n) is 4.26. The van der Waals surface area contributed by atoms with Gasteiger partial charge in [-0.25, -0.2) is 0 Å². The predicted molar refractivity (Wildman–Crippen MR) is 92.1 cm³/mol. The third-order valence-corrected chi connectivity index (χ3v) is 5.37. The van der Waals surface area contributed by atoms with Gasteiger partial charge in [-0.1, -0.05) is 54.6 Å². The molecule has 3 atom stereocenters. The van der Waals surface area contributed by atoms with Gasteiger partial charge in [0.15, 0.2) is 5.17 Å². The molecule has 0 bridgehead atoms. The Morgan fingerprint density at radius 2 is 2.09 bits per heavy atom. The minimum absolute atomic E-state index is 0.0954. The molecule has 0 N–H and O–H groups in total. The van der Waals surface area contributed by atoms with Crippen molar-refractivity contribution in [1.82, 2.24) is 9.88 Å². The second kappa shape index (κ2) is 5.43. The smallest absolute Gasteiger partial charge is 0.160 e. The van der Waals surface area contributed by atoms with Crippen molar-refractivity contribution in [2.24, 2.45) is 4.99 Å². The fourth-order valence-electron chi connectivity index (χ4n) is 3.33. The molecule has 1 fully saturated rings. The number of aromatic nitrogens is 1. The quantitative estimate of drug-likeness (QED) is 0.840. The Hall–Kier alpha value is -1.81. The van der Waals surface area contributed by atoms with Crippen molar-refractivity contribution in [2.45, 2.75) is 31.2 Å². The van der Waals surface area contributed by atoms with Gasteiger partial charge in [-0.05, 0) is 24.6 Å². The maximum absolute atomic E-state index is 5.00. The Morgan fingerprint density at radius 3 is 2.86 bits per heavy atom. The number of thioether (sulfide) groups is 1. The van der Waals surface area contributed by atoms with Crippen LogP contribution in [0.3, 0.4) is 0 Å². The van der Waals surface area contributed by atoms with Gasteiger partial charge in [0.1, 0.15) is 6.04 Å². The lowest BCUT2D eigenvalue weighted by Gasteiger charge is -2.27. The van der Waals surface area contributed by atoms with Crippen LogP contribution in [0, 0.1) is 6.92 Å². The van der Waals surface area contributed by atoms with E-state index in [1.165, 1.54) is 16.3 Å². The molecule has 2 aliphatic heterocycles. The van der Waals surface area contributed by atoms with Crippen LogP contribution >= 0.6 is 11.8 Å². The van der Waals surface area contributed by atoms with Crippen molar-refractivity contribution in [2.75, 3.05) is 6.54 Å². The summed E-state index contributed by atoms with van der Waals surface area (Å²) in [5, 5.41) is 1.78. The first kappa shape index (κ1) is 13.8. The first-order valence-electron chi connectivity index (χ1n) is 7.71. The number of hydrogen-bond acceptors (Lipinski definition) is 4. The summed E-state index contributed by atoms with van der Waals surface area (Å²) >= 11 is 1.89. The van der Waals surface area contributed by atoms with Crippen LogP contribution in [0.5, 0.6) is 0 Å². The van der Waals surface area contributed by atoms with Gasteiger partial charge in [0.25, 0.3) is 0 Å². The minimum Gasteiger partial charge on any atom is -0.341 e. The maximum atomic E-state index is 5.00. The van der Waals surface area contributed by atoms with Crippen LogP contribution in [0.4, 0.5) is 0 Å². The molecule has 3 heterocycles. The molecule has 0 radical (unpaired) electrons. The van der Waals surface area contributed by atoms with Crippen LogP contribution in [0.15, 0.2) is 53.7 Å². The van der Waals surface area contributed by atoms with Crippen LogP contribution in [0.1, 0.15) is 35.8 Å². The van der Waals surface area contributed by atoms with E-state index in [9.17, 15) is 0 Å². The van der Waals surface area contributed by atoms with Gasteiger partial charge >= 0.3 is 0 Å². The fourth-order valence-corrected chi connectivity index (χ4v) is 4.43. The highest BCUT2D eigenvalue weighted by atomic mass is 32.2. The molecular weight excluding hydrogens is 290 g/mol. The number of benzene rings is 1. The van der Waals surface area contributed by atoms with Gasteiger partial charge in [-0.2, -0.15) is 0 Å². The van der Waals surface area contributed by atoms with Crippen molar-refractivity contribution in [1.29, 1.82) is 0 Å². The SMILES string of the molecule is Cc1cccc([C@@H]2[C@H](c3ccccn3)N=C3S[C@@H](C)CN32)c1. The zero-order valence-electron chi connectivity index (χ0n) is 12.8. The summed E-state index contributed by atoms with van der Waals surface area (Å²) < 4.78 is 0. The second-order valence-electron chi connectivity index (χ2n) is 6.05. The van der Waals surface area contributed by atoms with Gasteiger partial charge in [0, 0.05) is 18.0 Å². The second-order valence-corrected chi connectivity index (χ2v) is 7.46. The van der Waals surface area contributed by atoms with Gasteiger partial charge < -0.3 is 4.90 Å². The van der Waals surface area contributed by atoms with E-state index in [4.69, 9.17) is 4.99 Å². The summed E-state index contributed by atoms with van der Waals surface area (Å²) in [6, 6.07) is 15.3. The highest BCUT2D eigenvalue weighted by Gasteiger charge is 2.43. The molecule has 2 aliphatic rings. The normalized spacial score (nSPS) is 26.9. The summed E-state index contributed by atoms with van der Waals surface area (Å²) in [5.41, 5.74) is 3.69. The van der Waals surface area contributed by atoms with E-state index in [-0.39, 0.29) is 12.1 Å². The molecular formula is C18H19N3S. The van der Waals surface area contributed by atoms with E-state index in [1.807, 2.05) is 24.0 Å². The number of aryl methyl sites for hydroxylation is 1. The zero-order valence-corrected chi connectivity index (χ0v) is 13.6. The molecule has 4 heteroatoms. The predicted octanol–water partition coefficient (Wildman–Crippen LogP) is 3.98. The van der Waals surface area contributed by atoms with Crippen LogP contribution in [0.25, 0.3) is 0 Å². The van der Waals surface area contributed by atoms with Crippen LogP contribution in [0.2, 0.25) is 0 Å². The van der Waals surface area contributed by atoms with Crippen molar-refractivity contribution in [3.05, 3.63) is 65.5 Å². The van der Waals surface area contributed by atoms with Gasteiger partial charge in [-0.3, -0.25) is 9.98 Å². The van der Waals surface area contributed by atoms with E-state index < -0.39 is 0 Å². The zero-order chi connectivity index (χ0) is 15.1. The molecule has 0 saturated carbocycles. The molecule has 3 nitrogen and oxygen atoms in total. The Balaban J connectivity index is 1.78. The van der Waals surface area contributed by atoms with Crippen molar-refractivity contribution in [3.63, 3.8) is 0 Å². The standard InChI is InChI=1S/C18H19N3S/c1-12-6-5-7-14(10-12)17-16(15-8-3-4-9-19-15)20-18-21(17)11-13(2)22-18/h3-10,13,16-17H,11H2,1-2H3/t13-,16-,17+/m0/s1. The van der Waals surface area contributed by atoms with E-state index >= 15 is 0 Å². The number of hydrogen-bond donors (Lipinski definition) is 0. The number of nitrogens with zero attached hydrogens (tertiary/aromatic N) is 3. The molecule has 22 heavy (non-hydrogen) atoms. The summed E-state index contributed by atoms with van der Waals surface area (Å²) in [6.07, 6.45) is 1.86. The summed E-state index contributed by atoms with van der Waals surface area (Å²) in [5.74, 6) is 0. The molecule has 1 aromatic carbocycles. The van der Waals surface area contributed by atoms with E-state index in [2.05, 4.69) is 60.1 Å². The lowest BCUT2D eigenvalue weighted by Crippen LogP contribution is -2.28. The lowest BCUT2D eigenvalue weighted by atomic mass is 9.95. The number of aliphatic imine (C=N–C) groups is 1. The first-order chi connectivity index (χ1) is 10.7. The number of rotatable bonds is 2. The third kappa shape index (κ3) is 2.31. The summed E-state index contributed by atoms with van der Waals surface area (Å²) in [7, 11) is 0. The minimum atomic E-state index is 0.0954. The van der Waals surface area contributed by atoms with Gasteiger partial charge in [0.2, 0.25) is 0 Å². The lowest BCUT2D eigenvalue weighted by molar-refractivity contribution is 0.321. The Bertz CT molecular complexity index is 713. The topological polar surface area (TPSA) is 28.5 Å². The number of pyridine rings is 1. The van der Waals surface area contributed by atoms with Crippen LogP contribution in [-0.2, 0) is 0 Å². The molecule has 0 amide bonds. The molecule has 4 rings (SSSR count). The van der Waals surface area contributed by atoms with Gasteiger partial charge in [-0.15, -0.1) is 0 Å². The molecule has 2 aromatic rings. The van der Waals surface area contributed by atoms with Crippen LogP contribution < -0.4 is 0 Å². The molecule has 0 spiro atoms. The average molecular weight is 309 g/mol. The summed E-state index contributed by atoms with van der Waals surface area (Å²) in [6.45, 7) is 5.48. The summed E-state index contributed by atoms with van der Waals surface area (Å²) in [4.78, 5) is 12.0. The van der Waals surface area contributed by atoms with Gasteiger partial charge in [0.05, 0.1) is 11.7 Å². The number of fused-ring (bicyclic) bond motifs is 1. The van der Waals surface area contributed by atoms with E-state index in [1.54, 1.807) is 0 Å². The average Bonchev–Trinajstić information content (AvgIpc) is 3.04. The highest BCUT2D eigenvalue weighted by molar-refractivity contribution is 8.14. The molecule has 1 aromatic heterocycles. The van der Waals surface area contributed by atoms with E-state index in [0.717, 1.165) is 12.2 Å². The van der Waals surface area contributed by atoms with Crippen LogP contribution in [-0.4, -0.2) is 26.8 Å². The fraction of sp³-hybridized carbons (Fsp3) is 0.333. The molecule has 0 aliphatic carbocycles. The van der Waals surface area contributed by atoms with E-state index in [0.29, 0.717) is 5.25 Å². The maximum Gasteiger partial charge on any atom is 0.160 e. The Kier molecular flexibility index (Phi) is 3.41. The largest absolute Gasteiger partial charge is 0.341 e.